The van der Waals surface area contributed by atoms with Crippen molar-refractivity contribution in [2.24, 2.45) is 5.92 Å². The van der Waals surface area contributed by atoms with Gasteiger partial charge >= 0.3 is 0 Å². The van der Waals surface area contributed by atoms with E-state index in [0.29, 0.717) is 22.6 Å². The number of nitrogens with one attached hydrogen (secondary N) is 1. The van der Waals surface area contributed by atoms with Gasteiger partial charge in [0, 0.05) is 17.1 Å². The molecule has 2 N–H and O–H groups in total. The highest BCUT2D eigenvalue weighted by Gasteiger charge is 2.27. The largest absolute Gasteiger partial charge is 0.393 e. The monoisotopic (exact) mass is 300 g/mol. The van der Waals surface area contributed by atoms with E-state index in [-0.39, 0.29) is 11.8 Å². The SMILES string of the molecule is O=[N+]([O-])c1cc(Br)ccc1NCC1CC(O)C1. The quantitative estimate of drug-likeness (QED) is 0.662. The second kappa shape index (κ2) is 5.01. The van der Waals surface area contributed by atoms with Crippen molar-refractivity contribution in [3.05, 3.63) is 32.8 Å². The number of aliphatic hydroxyl groups is 1. The normalized spacial score (nSPS) is 22.9. The van der Waals surface area contributed by atoms with Gasteiger partial charge in [0.05, 0.1) is 11.0 Å². The number of nitro benzene ring substituents is 1. The van der Waals surface area contributed by atoms with Gasteiger partial charge in [0.25, 0.3) is 5.69 Å². The third kappa shape index (κ3) is 2.95. The zero-order chi connectivity index (χ0) is 12.4. The number of hydrogen-bond donors (Lipinski definition) is 2. The molecular formula is C11H13BrN2O3. The first kappa shape index (κ1) is 12.3. The molecule has 0 bridgehead atoms. The third-order valence-electron chi connectivity index (χ3n) is 2.95. The molecular weight excluding hydrogens is 288 g/mol. The molecule has 0 radical (unpaired) electrons. The highest BCUT2D eigenvalue weighted by atomic mass is 79.9. The van der Waals surface area contributed by atoms with Crippen LogP contribution in [-0.4, -0.2) is 22.7 Å². The van der Waals surface area contributed by atoms with Crippen molar-refractivity contribution in [3.8, 4) is 0 Å². The Morgan fingerprint density at radius 2 is 2.24 bits per heavy atom. The van der Waals surface area contributed by atoms with Gasteiger partial charge in [-0.3, -0.25) is 10.1 Å². The Labute approximate surface area is 107 Å². The molecule has 0 atom stereocenters. The Morgan fingerprint density at radius 3 is 2.82 bits per heavy atom. The van der Waals surface area contributed by atoms with Gasteiger partial charge in [-0.15, -0.1) is 0 Å². The van der Waals surface area contributed by atoms with Crippen LogP contribution in [0.4, 0.5) is 11.4 Å². The van der Waals surface area contributed by atoms with E-state index in [9.17, 15) is 10.1 Å². The molecule has 1 aliphatic carbocycles. The summed E-state index contributed by atoms with van der Waals surface area (Å²) in [6.07, 6.45) is 1.36. The molecule has 1 aliphatic rings. The van der Waals surface area contributed by atoms with Crippen LogP contribution in [0.3, 0.4) is 0 Å². The molecule has 1 aromatic rings. The molecule has 0 aromatic heterocycles. The van der Waals surface area contributed by atoms with Crippen molar-refractivity contribution in [3.63, 3.8) is 0 Å². The summed E-state index contributed by atoms with van der Waals surface area (Å²) >= 11 is 3.21. The van der Waals surface area contributed by atoms with E-state index in [2.05, 4.69) is 21.2 Å². The molecule has 1 aromatic carbocycles. The fourth-order valence-corrected chi connectivity index (χ4v) is 2.28. The Bertz CT molecular complexity index is 433. The van der Waals surface area contributed by atoms with Gasteiger partial charge < -0.3 is 10.4 Å². The molecule has 92 valence electrons. The van der Waals surface area contributed by atoms with Crippen molar-refractivity contribution in [2.45, 2.75) is 18.9 Å². The predicted octanol–water partition coefficient (Wildman–Crippen LogP) is 2.54. The molecule has 0 unspecified atom stereocenters. The fraction of sp³-hybridized carbons (Fsp3) is 0.455. The van der Waals surface area contributed by atoms with Crippen molar-refractivity contribution in [1.29, 1.82) is 0 Å². The second-order valence-electron chi connectivity index (χ2n) is 4.29. The third-order valence-corrected chi connectivity index (χ3v) is 3.44. The lowest BCUT2D eigenvalue weighted by molar-refractivity contribution is -0.384. The van der Waals surface area contributed by atoms with Crippen molar-refractivity contribution in [2.75, 3.05) is 11.9 Å². The lowest BCUT2D eigenvalue weighted by Crippen LogP contribution is -2.33. The topological polar surface area (TPSA) is 75.4 Å². The molecule has 5 nitrogen and oxygen atoms in total. The molecule has 0 amide bonds. The van der Waals surface area contributed by atoms with Gasteiger partial charge in [0.15, 0.2) is 0 Å². The zero-order valence-electron chi connectivity index (χ0n) is 9.10. The van der Waals surface area contributed by atoms with E-state index < -0.39 is 4.92 Å². The molecule has 17 heavy (non-hydrogen) atoms. The van der Waals surface area contributed by atoms with Crippen LogP contribution in [0.1, 0.15) is 12.8 Å². The molecule has 6 heteroatoms. The van der Waals surface area contributed by atoms with Crippen LogP contribution < -0.4 is 5.32 Å². The minimum atomic E-state index is -0.400. The lowest BCUT2D eigenvalue weighted by atomic mass is 9.82. The average molecular weight is 301 g/mol. The van der Waals surface area contributed by atoms with E-state index in [0.717, 1.165) is 12.8 Å². The summed E-state index contributed by atoms with van der Waals surface area (Å²) in [7, 11) is 0. The number of nitro groups is 1. The van der Waals surface area contributed by atoms with Crippen molar-refractivity contribution in [1.82, 2.24) is 0 Å². The standard InChI is InChI=1S/C11H13BrN2O3/c12-8-1-2-10(11(5-8)14(16)17)13-6-7-3-9(15)4-7/h1-2,5,7,9,13,15H,3-4,6H2. The number of hydrogen-bond acceptors (Lipinski definition) is 4. The maximum absolute atomic E-state index is 10.9. The number of anilines is 1. The summed E-state index contributed by atoms with van der Waals surface area (Å²) in [4.78, 5) is 10.5. The number of aliphatic hydroxyl groups excluding tert-OH is 1. The molecule has 1 saturated carbocycles. The molecule has 0 aliphatic heterocycles. The van der Waals surface area contributed by atoms with Crippen LogP contribution >= 0.6 is 15.9 Å². The van der Waals surface area contributed by atoms with E-state index >= 15 is 0 Å². The van der Waals surface area contributed by atoms with Gasteiger partial charge in [-0.2, -0.15) is 0 Å². The van der Waals surface area contributed by atoms with Crippen LogP contribution in [0.5, 0.6) is 0 Å². The second-order valence-corrected chi connectivity index (χ2v) is 5.21. The van der Waals surface area contributed by atoms with Crippen LogP contribution in [-0.2, 0) is 0 Å². The van der Waals surface area contributed by atoms with Crippen LogP contribution in [0.15, 0.2) is 22.7 Å². The van der Waals surface area contributed by atoms with Crippen LogP contribution in [0.25, 0.3) is 0 Å². The number of benzene rings is 1. The highest BCUT2D eigenvalue weighted by molar-refractivity contribution is 9.10. The van der Waals surface area contributed by atoms with E-state index in [4.69, 9.17) is 5.11 Å². The summed E-state index contributed by atoms with van der Waals surface area (Å²) in [5, 5.41) is 23.1. The Kier molecular flexibility index (Phi) is 3.63. The van der Waals surface area contributed by atoms with Gasteiger partial charge in [-0.25, -0.2) is 0 Å². The number of nitrogens with zero attached hydrogens (tertiary/aromatic N) is 1. The maximum Gasteiger partial charge on any atom is 0.293 e. The summed E-state index contributed by atoms with van der Waals surface area (Å²) in [6.45, 7) is 0.666. The minimum Gasteiger partial charge on any atom is -0.393 e. The Balaban J connectivity index is 2.02. The first-order valence-corrected chi connectivity index (χ1v) is 6.21. The van der Waals surface area contributed by atoms with Gasteiger partial charge in [-0.1, -0.05) is 15.9 Å². The maximum atomic E-state index is 10.9. The molecule has 1 fully saturated rings. The first-order valence-electron chi connectivity index (χ1n) is 5.42. The lowest BCUT2D eigenvalue weighted by Gasteiger charge is -2.31. The Hall–Kier alpha value is -1.14. The van der Waals surface area contributed by atoms with E-state index in [1.54, 1.807) is 12.1 Å². The molecule has 0 spiro atoms. The first-order chi connectivity index (χ1) is 8.06. The van der Waals surface area contributed by atoms with Crippen molar-refractivity contribution < 1.29 is 10.0 Å². The summed E-state index contributed by atoms with van der Waals surface area (Å²) in [5.74, 6) is 0.410. The average Bonchev–Trinajstić information content (AvgIpc) is 2.24. The van der Waals surface area contributed by atoms with Crippen LogP contribution in [0, 0.1) is 16.0 Å². The van der Waals surface area contributed by atoms with E-state index in [1.165, 1.54) is 6.07 Å². The fourth-order valence-electron chi connectivity index (χ4n) is 1.93. The van der Waals surface area contributed by atoms with Gasteiger partial charge in [0.2, 0.25) is 0 Å². The van der Waals surface area contributed by atoms with Crippen LogP contribution in [0.2, 0.25) is 0 Å². The summed E-state index contributed by atoms with van der Waals surface area (Å²) in [6, 6.07) is 4.94. The Morgan fingerprint density at radius 1 is 1.53 bits per heavy atom. The summed E-state index contributed by atoms with van der Waals surface area (Å²) in [5.41, 5.74) is 0.596. The summed E-state index contributed by atoms with van der Waals surface area (Å²) < 4.78 is 0.689. The molecule has 0 saturated heterocycles. The smallest absolute Gasteiger partial charge is 0.293 e. The molecule has 0 heterocycles. The number of rotatable bonds is 4. The highest BCUT2D eigenvalue weighted by Crippen LogP contribution is 2.31. The number of halogens is 1. The van der Waals surface area contributed by atoms with Gasteiger partial charge in [-0.05, 0) is 30.9 Å². The predicted molar refractivity (Wildman–Crippen MR) is 68.0 cm³/mol. The van der Waals surface area contributed by atoms with E-state index in [1.807, 2.05) is 0 Å². The zero-order valence-corrected chi connectivity index (χ0v) is 10.7. The minimum absolute atomic E-state index is 0.0687. The van der Waals surface area contributed by atoms with Crippen molar-refractivity contribution >= 4 is 27.3 Å². The van der Waals surface area contributed by atoms with Gasteiger partial charge in [0.1, 0.15) is 5.69 Å². The molecule has 2 rings (SSSR count).